The van der Waals surface area contributed by atoms with E-state index in [1.807, 2.05) is 41.9 Å². The molecule has 158 valence electrons. The zero-order chi connectivity index (χ0) is 21.1. The van der Waals surface area contributed by atoms with Gasteiger partial charge in [-0.3, -0.25) is 4.79 Å². The number of nitrogens with zero attached hydrogens (tertiary/aromatic N) is 3. The van der Waals surface area contributed by atoms with Gasteiger partial charge in [0.1, 0.15) is 4.21 Å². The van der Waals surface area contributed by atoms with Gasteiger partial charge in [-0.2, -0.15) is 5.10 Å². The number of rotatable bonds is 6. The van der Waals surface area contributed by atoms with Crippen molar-refractivity contribution >= 4 is 27.3 Å². The fourth-order valence-corrected chi connectivity index (χ4v) is 6.06. The lowest BCUT2D eigenvalue weighted by Gasteiger charge is -2.32. The molecule has 2 aromatic heterocycles. The van der Waals surface area contributed by atoms with Crippen LogP contribution in [0.3, 0.4) is 0 Å². The molecular weight excluding hydrogens is 420 g/mol. The quantitative estimate of drug-likeness (QED) is 0.633. The summed E-state index contributed by atoms with van der Waals surface area (Å²) >= 11 is 1.20. The second kappa shape index (κ2) is 8.71. The molecule has 1 fully saturated rings. The molecule has 0 bridgehead atoms. The van der Waals surface area contributed by atoms with Crippen LogP contribution < -0.4 is 4.72 Å². The molecule has 3 aromatic rings. The van der Waals surface area contributed by atoms with Crippen molar-refractivity contribution in [3.05, 3.63) is 65.3 Å². The van der Waals surface area contributed by atoms with E-state index in [1.165, 1.54) is 11.3 Å². The van der Waals surface area contributed by atoms with E-state index in [1.54, 1.807) is 28.6 Å². The molecular formula is C21H24N4O3S2. The molecule has 1 aliphatic heterocycles. The minimum atomic E-state index is -3.49. The Hall–Kier alpha value is -2.49. The first kappa shape index (κ1) is 20.8. The Kier molecular flexibility index (Phi) is 6.03. The summed E-state index contributed by atoms with van der Waals surface area (Å²) in [5, 5.41) is 6.19. The molecule has 1 N–H and O–H groups in total. The molecule has 1 aromatic carbocycles. The van der Waals surface area contributed by atoms with Gasteiger partial charge in [0.05, 0.1) is 23.1 Å². The van der Waals surface area contributed by atoms with Crippen LogP contribution in [0.1, 0.15) is 35.8 Å². The maximum absolute atomic E-state index is 13.1. The van der Waals surface area contributed by atoms with Crippen molar-refractivity contribution in [1.29, 1.82) is 0 Å². The Balaban J connectivity index is 1.43. The number of aromatic nitrogens is 2. The van der Waals surface area contributed by atoms with Crippen LogP contribution in [0.2, 0.25) is 0 Å². The summed E-state index contributed by atoms with van der Waals surface area (Å²) in [6.07, 6.45) is 3.50. The Labute approximate surface area is 180 Å². The van der Waals surface area contributed by atoms with Crippen molar-refractivity contribution in [3.63, 3.8) is 0 Å². The van der Waals surface area contributed by atoms with Gasteiger partial charge >= 0.3 is 0 Å². The van der Waals surface area contributed by atoms with Crippen LogP contribution in [-0.4, -0.2) is 48.1 Å². The molecule has 0 saturated carbocycles. The number of amides is 1. The average Bonchev–Trinajstić information content (AvgIpc) is 3.44. The van der Waals surface area contributed by atoms with E-state index in [0.717, 1.165) is 11.4 Å². The van der Waals surface area contributed by atoms with Gasteiger partial charge < -0.3 is 4.90 Å². The lowest BCUT2D eigenvalue weighted by molar-refractivity contribution is 0.0710. The predicted molar refractivity (Wildman–Crippen MR) is 117 cm³/mol. The van der Waals surface area contributed by atoms with Crippen molar-refractivity contribution in [2.75, 3.05) is 13.1 Å². The van der Waals surface area contributed by atoms with Crippen LogP contribution in [0, 0.1) is 0 Å². The lowest BCUT2D eigenvalue weighted by Crippen LogP contribution is -2.46. The van der Waals surface area contributed by atoms with E-state index >= 15 is 0 Å². The Morgan fingerprint density at radius 3 is 2.53 bits per heavy atom. The second-order valence-corrected chi connectivity index (χ2v) is 10.1. The highest BCUT2D eigenvalue weighted by Gasteiger charge is 2.29. The summed E-state index contributed by atoms with van der Waals surface area (Å²) in [5.41, 5.74) is 2.42. The first-order chi connectivity index (χ1) is 14.5. The molecule has 0 aliphatic carbocycles. The van der Waals surface area contributed by atoms with Crippen LogP contribution in [0.25, 0.3) is 5.69 Å². The fourth-order valence-electron chi connectivity index (χ4n) is 3.75. The van der Waals surface area contributed by atoms with Gasteiger partial charge in [-0.15, -0.1) is 11.3 Å². The lowest BCUT2D eigenvalue weighted by atomic mass is 10.0. The third-order valence-electron chi connectivity index (χ3n) is 5.30. The first-order valence-electron chi connectivity index (χ1n) is 9.97. The van der Waals surface area contributed by atoms with Gasteiger partial charge in [0.15, 0.2) is 0 Å². The molecule has 4 rings (SSSR count). The van der Waals surface area contributed by atoms with E-state index in [4.69, 9.17) is 0 Å². The summed E-state index contributed by atoms with van der Waals surface area (Å²) < 4.78 is 29.8. The third kappa shape index (κ3) is 4.19. The molecule has 0 spiro atoms. The van der Waals surface area contributed by atoms with Gasteiger partial charge in [0.2, 0.25) is 10.0 Å². The average molecular weight is 445 g/mol. The minimum Gasteiger partial charge on any atom is -0.338 e. The van der Waals surface area contributed by atoms with Gasteiger partial charge in [0, 0.05) is 19.1 Å². The van der Waals surface area contributed by atoms with E-state index in [2.05, 4.69) is 9.82 Å². The molecule has 9 heteroatoms. The highest BCUT2D eigenvalue weighted by Crippen LogP contribution is 2.22. The second-order valence-electron chi connectivity index (χ2n) is 7.23. The molecule has 0 radical (unpaired) electrons. The normalized spacial score (nSPS) is 15.4. The summed E-state index contributed by atoms with van der Waals surface area (Å²) in [7, 11) is -3.49. The van der Waals surface area contributed by atoms with E-state index in [0.29, 0.717) is 42.1 Å². The number of likely N-dealkylation sites (tertiary alicyclic amines) is 1. The molecule has 0 atom stereocenters. The van der Waals surface area contributed by atoms with Gasteiger partial charge in [-0.1, -0.05) is 31.2 Å². The van der Waals surface area contributed by atoms with E-state index < -0.39 is 10.0 Å². The standard InChI is InChI=1S/C21H24N4O3S2/c1-2-19-18(15-22-25(19)17-7-4-3-5-8-17)21(26)24-12-10-16(11-13-24)23-30(27,28)20-9-6-14-29-20/h3-9,14-16,23H,2,10-13H2,1H3. The number of hydrogen-bond acceptors (Lipinski definition) is 5. The number of carbonyl (C=O) groups is 1. The van der Waals surface area contributed by atoms with Crippen LogP contribution in [0.4, 0.5) is 0 Å². The highest BCUT2D eigenvalue weighted by atomic mass is 32.2. The summed E-state index contributed by atoms with van der Waals surface area (Å²) in [6, 6.07) is 12.9. The van der Waals surface area contributed by atoms with Gasteiger partial charge in [0.25, 0.3) is 5.91 Å². The van der Waals surface area contributed by atoms with Crippen LogP contribution in [-0.2, 0) is 16.4 Å². The smallest absolute Gasteiger partial charge is 0.257 e. The number of piperidine rings is 1. The summed E-state index contributed by atoms with van der Waals surface area (Å²) in [6.45, 7) is 3.03. The van der Waals surface area contributed by atoms with Crippen LogP contribution >= 0.6 is 11.3 Å². The Morgan fingerprint density at radius 1 is 1.17 bits per heavy atom. The SMILES string of the molecule is CCc1c(C(=O)N2CCC(NS(=O)(=O)c3cccs3)CC2)cnn1-c1ccccc1. The van der Waals surface area contributed by atoms with E-state index in [9.17, 15) is 13.2 Å². The largest absolute Gasteiger partial charge is 0.338 e. The monoisotopic (exact) mass is 444 g/mol. The zero-order valence-corrected chi connectivity index (χ0v) is 18.3. The van der Waals surface area contributed by atoms with E-state index in [-0.39, 0.29) is 11.9 Å². The third-order valence-corrected chi connectivity index (χ3v) is 8.22. The van der Waals surface area contributed by atoms with Gasteiger partial charge in [-0.05, 0) is 42.8 Å². The molecule has 30 heavy (non-hydrogen) atoms. The number of sulfonamides is 1. The van der Waals surface area contributed by atoms with Crippen molar-refractivity contribution in [2.45, 2.75) is 36.4 Å². The topological polar surface area (TPSA) is 84.3 Å². The number of benzene rings is 1. The number of carbonyl (C=O) groups excluding carboxylic acids is 1. The number of para-hydroxylation sites is 1. The summed E-state index contributed by atoms with van der Waals surface area (Å²) in [4.78, 5) is 14.9. The van der Waals surface area contributed by atoms with Crippen molar-refractivity contribution in [2.24, 2.45) is 0 Å². The molecule has 0 unspecified atom stereocenters. The van der Waals surface area contributed by atoms with Crippen molar-refractivity contribution < 1.29 is 13.2 Å². The molecule has 7 nitrogen and oxygen atoms in total. The van der Waals surface area contributed by atoms with Crippen molar-refractivity contribution in [1.82, 2.24) is 19.4 Å². The molecule has 1 amide bonds. The number of thiophene rings is 1. The fraction of sp³-hybridized carbons (Fsp3) is 0.333. The first-order valence-corrected chi connectivity index (χ1v) is 12.3. The molecule has 1 aliphatic rings. The van der Waals surface area contributed by atoms with Gasteiger partial charge in [-0.25, -0.2) is 17.8 Å². The maximum atomic E-state index is 13.1. The van der Waals surface area contributed by atoms with Crippen LogP contribution in [0.15, 0.2) is 58.3 Å². The Morgan fingerprint density at radius 2 is 1.90 bits per heavy atom. The molecule has 1 saturated heterocycles. The minimum absolute atomic E-state index is 0.0476. The predicted octanol–water partition coefficient (Wildman–Crippen LogP) is 3.08. The Bertz CT molecular complexity index is 1100. The zero-order valence-electron chi connectivity index (χ0n) is 16.7. The molecule has 3 heterocycles. The highest BCUT2D eigenvalue weighted by molar-refractivity contribution is 7.91. The van der Waals surface area contributed by atoms with Crippen molar-refractivity contribution in [3.8, 4) is 5.69 Å². The number of nitrogens with one attached hydrogen (secondary N) is 1. The van der Waals surface area contributed by atoms with Crippen LogP contribution in [0.5, 0.6) is 0 Å². The summed E-state index contributed by atoms with van der Waals surface area (Å²) in [5.74, 6) is -0.0476. The number of hydrogen-bond donors (Lipinski definition) is 1. The maximum Gasteiger partial charge on any atom is 0.257 e.